The Kier molecular flexibility index (Phi) is 7.88. The van der Waals surface area contributed by atoms with Gasteiger partial charge in [0.15, 0.2) is 0 Å². The average molecular weight is 540 g/mol. The molecule has 0 bridgehead atoms. The van der Waals surface area contributed by atoms with Gasteiger partial charge in [0.1, 0.15) is 23.0 Å². The van der Waals surface area contributed by atoms with Crippen molar-refractivity contribution in [1.29, 1.82) is 0 Å². The number of rotatable bonds is 8. The molecule has 208 valence electrons. The van der Waals surface area contributed by atoms with Crippen LogP contribution in [0.2, 0.25) is 0 Å². The number of ether oxygens (including phenoxy) is 1. The Morgan fingerprint density at radius 3 is 2.64 bits per heavy atom. The Morgan fingerprint density at radius 2 is 1.97 bits per heavy atom. The molecule has 1 aliphatic rings. The van der Waals surface area contributed by atoms with Crippen molar-refractivity contribution in [1.82, 2.24) is 29.3 Å². The molecule has 0 saturated carbocycles. The van der Waals surface area contributed by atoms with Gasteiger partial charge in [0.25, 0.3) is 0 Å². The van der Waals surface area contributed by atoms with Gasteiger partial charge in [-0.3, -0.25) is 9.88 Å². The number of aliphatic carboxylic acids is 1. The first-order valence-corrected chi connectivity index (χ1v) is 12.6. The number of hydrogen-bond donors (Lipinski definition) is 3. The van der Waals surface area contributed by atoms with E-state index in [0.29, 0.717) is 36.5 Å². The van der Waals surface area contributed by atoms with Crippen molar-refractivity contribution in [3.8, 4) is 11.3 Å². The maximum Gasteiger partial charge on any atom is 0.410 e. The lowest BCUT2D eigenvalue weighted by Crippen LogP contribution is -2.39. The second kappa shape index (κ2) is 11.1. The molecule has 2 atom stereocenters. The molecule has 3 aromatic heterocycles. The molecule has 4 rings (SSSR count). The summed E-state index contributed by atoms with van der Waals surface area (Å²) in [5, 5.41) is 21.9. The normalized spacial score (nSPS) is 17.3. The standard InChI is InChI=1S/C26H33N7O6/c1-26(2,3)39-25(38)31(4)9-6-10-32-15-28-19-13-27-12-17(22(19)32)18-7-5-8-21(30-18)29-16-11-20(23(34)35)33(14-16)24(36)37/h5,7-8,12-13,15-16,20H,6,9-11,14H2,1-4H3,(H,29,30)(H,34,35)(H,36,37)/t16-,20-/m0/s1. The molecule has 13 nitrogen and oxygen atoms in total. The molecule has 39 heavy (non-hydrogen) atoms. The van der Waals surface area contributed by atoms with Gasteiger partial charge in [-0.1, -0.05) is 6.07 Å². The van der Waals surface area contributed by atoms with Gasteiger partial charge < -0.3 is 29.7 Å². The predicted molar refractivity (Wildman–Crippen MR) is 142 cm³/mol. The van der Waals surface area contributed by atoms with E-state index in [1.165, 1.54) is 0 Å². The van der Waals surface area contributed by atoms with Gasteiger partial charge in [-0.15, -0.1) is 0 Å². The highest BCUT2D eigenvalue weighted by atomic mass is 16.6. The van der Waals surface area contributed by atoms with E-state index in [4.69, 9.17) is 9.72 Å². The summed E-state index contributed by atoms with van der Waals surface area (Å²) in [6.45, 7) is 6.63. The average Bonchev–Trinajstić information content (AvgIpc) is 3.48. The maximum absolute atomic E-state index is 12.3. The molecule has 2 amide bonds. The molecule has 0 radical (unpaired) electrons. The summed E-state index contributed by atoms with van der Waals surface area (Å²) in [7, 11) is 1.70. The van der Waals surface area contributed by atoms with Crippen molar-refractivity contribution in [2.75, 3.05) is 25.5 Å². The molecule has 3 aromatic rings. The minimum Gasteiger partial charge on any atom is -0.480 e. The highest BCUT2D eigenvalue weighted by Gasteiger charge is 2.40. The van der Waals surface area contributed by atoms with Crippen molar-refractivity contribution in [2.24, 2.45) is 0 Å². The monoisotopic (exact) mass is 539 g/mol. The van der Waals surface area contributed by atoms with Crippen LogP contribution in [-0.4, -0.2) is 95.5 Å². The van der Waals surface area contributed by atoms with Gasteiger partial charge in [-0.05, 0) is 39.3 Å². The fraction of sp³-hybridized carbons (Fsp3) is 0.462. The number of nitrogens with one attached hydrogen (secondary N) is 1. The third-order valence-corrected chi connectivity index (χ3v) is 6.33. The van der Waals surface area contributed by atoms with E-state index in [9.17, 15) is 24.6 Å². The van der Waals surface area contributed by atoms with E-state index in [1.54, 1.807) is 36.7 Å². The van der Waals surface area contributed by atoms with Gasteiger partial charge in [-0.25, -0.2) is 24.4 Å². The molecule has 1 saturated heterocycles. The summed E-state index contributed by atoms with van der Waals surface area (Å²) >= 11 is 0. The van der Waals surface area contributed by atoms with Gasteiger partial charge in [0.2, 0.25) is 0 Å². The fourth-order valence-electron chi connectivity index (χ4n) is 4.56. The lowest BCUT2D eigenvalue weighted by atomic mass is 10.1. The molecule has 1 fully saturated rings. The number of imidazole rings is 1. The molecule has 3 N–H and O–H groups in total. The smallest absolute Gasteiger partial charge is 0.410 e. The first-order chi connectivity index (χ1) is 18.4. The lowest BCUT2D eigenvalue weighted by Gasteiger charge is -2.24. The van der Waals surface area contributed by atoms with E-state index >= 15 is 0 Å². The van der Waals surface area contributed by atoms with Crippen molar-refractivity contribution in [2.45, 2.75) is 57.8 Å². The van der Waals surface area contributed by atoms with Crippen LogP contribution in [0.4, 0.5) is 15.4 Å². The summed E-state index contributed by atoms with van der Waals surface area (Å²) in [6.07, 6.45) is 4.28. The third-order valence-electron chi connectivity index (χ3n) is 6.33. The number of likely N-dealkylation sites (tertiary alicyclic amines) is 1. The zero-order valence-corrected chi connectivity index (χ0v) is 22.4. The second-order valence-corrected chi connectivity index (χ2v) is 10.5. The highest BCUT2D eigenvalue weighted by Crippen LogP contribution is 2.28. The molecule has 4 heterocycles. The number of pyridine rings is 2. The van der Waals surface area contributed by atoms with E-state index in [0.717, 1.165) is 16.0 Å². The number of hydrogen-bond acceptors (Lipinski definition) is 8. The van der Waals surface area contributed by atoms with Gasteiger partial charge in [-0.2, -0.15) is 0 Å². The Labute approximate surface area is 225 Å². The number of aryl methyl sites for hydroxylation is 1. The zero-order chi connectivity index (χ0) is 28.3. The quantitative estimate of drug-likeness (QED) is 0.387. The van der Waals surface area contributed by atoms with E-state index in [-0.39, 0.29) is 19.1 Å². The number of carbonyl (C=O) groups excluding carboxylic acids is 1. The molecule has 1 aliphatic heterocycles. The number of anilines is 1. The minimum atomic E-state index is -1.27. The predicted octanol–water partition coefficient (Wildman–Crippen LogP) is 3.37. The van der Waals surface area contributed by atoms with Crippen LogP contribution in [0.15, 0.2) is 36.9 Å². The van der Waals surface area contributed by atoms with Crippen LogP contribution in [0.3, 0.4) is 0 Å². The number of carboxylic acids is 1. The molecule has 0 aromatic carbocycles. The van der Waals surface area contributed by atoms with Crippen LogP contribution >= 0.6 is 0 Å². The molecule has 0 unspecified atom stereocenters. The number of amides is 2. The Bertz CT molecular complexity index is 1350. The topological polar surface area (TPSA) is 163 Å². The Balaban J connectivity index is 1.49. The van der Waals surface area contributed by atoms with E-state index in [1.807, 2.05) is 37.5 Å². The lowest BCUT2D eigenvalue weighted by molar-refractivity contribution is -0.141. The van der Waals surface area contributed by atoms with Crippen LogP contribution in [0, 0.1) is 0 Å². The van der Waals surface area contributed by atoms with E-state index in [2.05, 4.69) is 15.3 Å². The summed E-state index contributed by atoms with van der Waals surface area (Å²) < 4.78 is 7.41. The molecular formula is C26H33N7O6. The van der Waals surface area contributed by atoms with Crippen LogP contribution < -0.4 is 5.32 Å². The SMILES string of the molecule is CN(CCCn1cnc2cncc(-c3cccc(N[C@H]4C[C@@H](C(=O)O)N(C(=O)O)C4)n3)c21)C(=O)OC(C)(C)C. The maximum atomic E-state index is 12.3. The summed E-state index contributed by atoms with van der Waals surface area (Å²) in [5.74, 6) is -0.678. The first-order valence-electron chi connectivity index (χ1n) is 12.6. The number of nitrogens with zero attached hydrogens (tertiary/aromatic N) is 6. The second-order valence-electron chi connectivity index (χ2n) is 10.5. The zero-order valence-electron chi connectivity index (χ0n) is 22.4. The van der Waals surface area contributed by atoms with Crippen molar-refractivity contribution in [3.05, 3.63) is 36.9 Å². The largest absolute Gasteiger partial charge is 0.480 e. The molecule has 0 aliphatic carbocycles. The summed E-state index contributed by atoms with van der Waals surface area (Å²) in [4.78, 5) is 51.2. The van der Waals surface area contributed by atoms with Crippen molar-refractivity contribution in [3.63, 3.8) is 0 Å². The van der Waals surface area contributed by atoms with Crippen LogP contribution in [0.1, 0.15) is 33.6 Å². The summed E-state index contributed by atoms with van der Waals surface area (Å²) in [5.41, 5.74) is 2.38. The number of carboxylic acid groups (broad SMARTS) is 2. The number of carbonyl (C=O) groups is 3. The first kappa shape index (κ1) is 27.6. The minimum absolute atomic E-state index is 0.0415. The van der Waals surface area contributed by atoms with Crippen molar-refractivity contribution < 1.29 is 29.3 Å². The summed E-state index contributed by atoms with van der Waals surface area (Å²) in [6, 6.07) is 3.91. The molecule has 0 spiro atoms. The van der Waals surface area contributed by atoms with Crippen molar-refractivity contribution >= 4 is 35.0 Å². The van der Waals surface area contributed by atoms with Gasteiger partial charge in [0, 0.05) is 50.9 Å². The van der Waals surface area contributed by atoms with Gasteiger partial charge in [0.05, 0.1) is 23.7 Å². The van der Waals surface area contributed by atoms with Gasteiger partial charge >= 0.3 is 18.2 Å². The third kappa shape index (κ3) is 6.54. The van der Waals surface area contributed by atoms with Crippen LogP contribution in [-0.2, 0) is 16.1 Å². The molecular weight excluding hydrogens is 506 g/mol. The Morgan fingerprint density at radius 1 is 1.21 bits per heavy atom. The molecule has 13 heteroatoms. The van der Waals surface area contributed by atoms with E-state index < -0.39 is 29.7 Å². The van der Waals surface area contributed by atoms with Crippen LogP contribution in [0.5, 0.6) is 0 Å². The van der Waals surface area contributed by atoms with Crippen LogP contribution in [0.25, 0.3) is 22.3 Å². The fourth-order valence-corrected chi connectivity index (χ4v) is 4.56. The Hall–Kier alpha value is -4.42. The number of fused-ring (bicyclic) bond motifs is 1. The number of aromatic nitrogens is 4. The highest BCUT2D eigenvalue weighted by molar-refractivity contribution is 5.90.